The van der Waals surface area contributed by atoms with Crippen molar-refractivity contribution in [1.82, 2.24) is 0 Å². The van der Waals surface area contributed by atoms with E-state index >= 15 is 0 Å². The van der Waals surface area contributed by atoms with E-state index in [1.54, 1.807) is 0 Å². The van der Waals surface area contributed by atoms with E-state index in [1.165, 1.54) is 96.3 Å². The summed E-state index contributed by atoms with van der Waals surface area (Å²) in [7, 11) is 0. The summed E-state index contributed by atoms with van der Waals surface area (Å²) in [6.07, 6.45) is 25.4. The third-order valence-corrected chi connectivity index (χ3v) is 10.1. The van der Waals surface area contributed by atoms with Crippen molar-refractivity contribution in [3.63, 3.8) is 0 Å². The fraction of sp³-hybridized carbons (Fsp3) is 1.00. The van der Waals surface area contributed by atoms with Crippen LogP contribution in [0.1, 0.15) is 96.3 Å². The molecule has 5 heteroatoms. The molecule has 0 N–H and O–H groups in total. The standard InChI is InChI=1S/C18H28O2.C6H10O.C4H8O2/c1-2-8-18(9-3-1,12-4-6-14-16(10-12)19-14)13-5-7-15-17(11-13)20-15;1-2-4-6-5(3-1)7-6;1-2-6-4-3-5-1/h12-17H,1-11H2;5-6H,1-4H2;1-4H2. The second kappa shape index (κ2) is 10.4. The van der Waals surface area contributed by atoms with E-state index in [0.29, 0.717) is 42.0 Å². The minimum Gasteiger partial charge on any atom is -0.377 e. The van der Waals surface area contributed by atoms with Gasteiger partial charge in [0.15, 0.2) is 0 Å². The first kappa shape index (κ1) is 23.2. The maximum absolute atomic E-state index is 5.84. The zero-order valence-electron chi connectivity index (χ0n) is 20.6. The molecule has 0 amide bonds. The van der Waals surface area contributed by atoms with E-state index < -0.39 is 0 Å². The first-order chi connectivity index (χ1) is 16.3. The van der Waals surface area contributed by atoms with Crippen LogP contribution in [-0.4, -0.2) is 63.1 Å². The van der Waals surface area contributed by atoms with Crippen LogP contribution < -0.4 is 0 Å². The molecular weight excluding hydrogens is 416 g/mol. The second-order valence-corrected chi connectivity index (χ2v) is 12.0. The Balaban J connectivity index is 0.000000129. The van der Waals surface area contributed by atoms with Crippen LogP contribution in [0.25, 0.3) is 0 Å². The number of epoxide rings is 3. The molecule has 188 valence electrons. The van der Waals surface area contributed by atoms with Gasteiger partial charge < -0.3 is 23.7 Å². The smallest absolute Gasteiger partial charge is 0.0844 e. The molecule has 5 nitrogen and oxygen atoms in total. The van der Waals surface area contributed by atoms with E-state index in [2.05, 4.69) is 0 Å². The van der Waals surface area contributed by atoms with Crippen molar-refractivity contribution >= 4 is 0 Å². The molecule has 8 unspecified atom stereocenters. The molecule has 0 radical (unpaired) electrons. The molecule has 4 saturated heterocycles. The predicted octanol–water partition coefficient (Wildman–Crippen LogP) is 5.43. The molecule has 4 saturated carbocycles. The third-order valence-electron chi connectivity index (χ3n) is 10.1. The van der Waals surface area contributed by atoms with E-state index in [9.17, 15) is 0 Å². The highest BCUT2D eigenvalue weighted by Gasteiger charge is 2.56. The summed E-state index contributed by atoms with van der Waals surface area (Å²) in [5.41, 5.74) is 0.673. The molecule has 33 heavy (non-hydrogen) atoms. The van der Waals surface area contributed by atoms with Crippen molar-refractivity contribution in [2.24, 2.45) is 17.3 Å². The average molecular weight is 463 g/mol. The number of hydrogen-bond acceptors (Lipinski definition) is 5. The summed E-state index contributed by atoms with van der Waals surface area (Å²) < 4.78 is 26.8. The molecule has 4 aliphatic carbocycles. The summed E-state index contributed by atoms with van der Waals surface area (Å²) in [5.74, 6) is 1.93. The summed E-state index contributed by atoms with van der Waals surface area (Å²) in [4.78, 5) is 0. The Bertz CT molecular complexity index is 578. The Kier molecular flexibility index (Phi) is 7.33. The lowest BCUT2D eigenvalue weighted by Gasteiger charge is -2.51. The minimum atomic E-state index is 0.654. The Morgan fingerprint density at radius 1 is 0.424 bits per heavy atom. The van der Waals surface area contributed by atoms with E-state index in [1.807, 2.05) is 0 Å². The molecule has 0 aromatic rings. The molecule has 8 atom stereocenters. The van der Waals surface area contributed by atoms with Gasteiger partial charge in [0, 0.05) is 0 Å². The van der Waals surface area contributed by atoms with Gasteiger partial charge >= 0.3 is 0 Å². The van der Waals surface area contributed by atoms with Crippen LogP contribution in [0.3, 0.4) is 0 Å². The van der Waals surface area contributed by atoms with Gasteiger partial charge in [0.05, 0.1) is 63.1 Å². The largest absolute Gasteiger partial charge is 0.377 e. The van der Waals surface area contributed by atoms with Crippen LogP contribution in [0.4, 0.5) is 0 Å². The number of hydrogen-bond donors (Lipinski definition) is 0. The highest BCUT2D eigenvalue weighted by atomic mass is 16.6. The first-order valence-electron chi connectivity index (χ1n) is 14.4. The van der Waals surface area contributed by atoms with Crippen LogP contribution in [-0.2, 0) is 23.7 Å². The summed E-state index contributed by atoms with van der Waals surface area (Å²) >= 11 is 0. The normalized spacial score (nSPS) is 46.5. The van der Waals surface area contributed by atoms with Gasteiger partial charge in [-0.1, -0.05) is 32.1 Å². The minimum absolute atomic E-state index is 0.654. The quantitative estimate of drug-likeness (QED) is 0.512. The van der Waals surface area contributed by atoms with Crippen molar-refractivity contribution in [3.05, 3.63) is 0 Å². The van der Waals surface area contributed by atoms with Gasteiger partial charge in [0.25, 0.3) is 0 Å². The fourth-order valence-corrected chi connectivity index (χ4v) is 8.03. The van der Waals surface area contributed by atoms with Gasteiger partial charge in [-0.05, 0) is 81.5 Å². The molecule has 4 aliphatic heterocycles. The monoisotopic (exact) mass is 462 g/mol. The number of rotatable bonds is 2. The van der Waals surface area contributed by atoms with E-state index in [0.717, 1.165) is 38.3 Å². The highest BCUT2D eigenvalue weighted by molar-refractivity contribution is 5.05. The lowest BCUT2D eigenvalue weighted by molar-refractivity contribution is -0.0334. The molecule has 8 rings (SSSR count). The maximum Gasteiger partial charge on any atom is 0.0844 e. The SMILES string of the molecule is C1CCC(C2CCC3OC3C2)(C2CCC3OC3C2)CC1.C1CCC2OC2C1.C1COCCO1. The van der Waals surface area contributed by atoms with Gasteiger partial charge in [0.2, 0.25) is 0 Å². The van der Waals surface area contributed by atoms with Gasteiger partial charge in [-0.25, -0.2) is 0 Å². The second-order valence-electron chi connectivity index (χ2n) is 12.0. The van der Waals surface area contributed by atoms with Crippen LogP contribution in [0.2, 0.25) is 0 Å². The number of fused-ring (bicyclic) bond motifs is 3. The lowest BCUT2D eigenvalue weighted by atomic mass is 9.53. The van der Waals surface area contributed by atoms with E-state index in [-0.39, 0.29) is 0 Å². The molecule has 0 aromatic heterocycles. The average Bonchev–Trinajstić information content (AvgIpc) is 3.77. The molecule has 0 bridgehead atoms. The Labute approximate surface area is 200 Å². The summed E-state index contributed by atoms with van der Waals surface area (Å²) in [5, 5.41) is 0. The van der Waals surface area contributed by atoms with Crippen molar-refractivity contribution in [1.29, 1.82) is 0 Å². The van der Waals surface area contributed by atoms with Crippen molar-refractivity contribution in [2.45, 2.75) is 133 Å². The molecule has 8 aliphatic rings. The molecule has 0 aromatic carbocycles. The maximum atomic E-state index is 5.84. The molecule has 8 fully saturated rings. The topological polar surface area (TPSA) is 56.0 Å². The Morgan fingerprint density at radius 3 is 1.30 bits per heavy atom. The summed E-state index contributed by atoms with van der Waals surface area (Å²) in [6, 6.07) is 0. The van der Waals surface area contributed by atoms with Gasteiger partial charge in [-0.15, -0.1) is 0 Å². The predicted molar refractivity (Wildman–Crippen MR) is 126 cm³/mol. The zero-order valence-corrected chi connectivity index (χ0v) is 20.6. The van der Waals surface area contributed by atoms with Gasteiger partial charge in [-0.3, -0.25) is 0 Å². The van der Waals surface area contributed by atoms with E-state index in [4.69, 9.17) is 23.7 Å². The van der Waals surface area contributed by atoms with Crippen LogP contribution in [0.5, 0.6) is 0 Å². The van der Waals surface area contributed by atoms with Crippen molar-refractivity contribution in [2.75, 3.05) is 26.4 Å². The summed E-state index contributed by atoms with van der Waals surface area (Å²) in [6.45, 7) is 3.11. The van der Waals surface area contributed by atoms with Crippen LogP contribution in [0, 0.1) is 17.3 Å². The highest BCUT2D eigenvalue weighted by Crippen LogP contribution is 2.60. The number of ether oxygens (including phenoxy) is 5. The molecule has 4 heterocycles. The van der Waals surface area contributed by atoms with Crippen molar-refractivity contribution < 1.29 is 23.7 Å². The van der Waals surface area contributed by atoms with Gasteiger partial charge in [0.1, 0.15) is 0 Å². The Morgan fingerprint density at radius 2 is 0.879 bits per heavy atom. The molecular formula is C28H46O5. The van der Waals surface area contributed by atoms with Crippen LogP contribution >= 0.6 is 0 Å². The van der Waals surface area contributed by atoms with Crippen molar-refractivity contribution in [3.8, 4) is 0 Å². The molecule has 0 spiro atoms. The Hall–Kier alpha value is -0.200. The lowest BCUT2D eigenvalue weighted by Crippen LogP contribution is -2.43. The fourth-order valence-electron chi connectivity index (χ4n) is 8.03. The van der Waals surface area contributed by atoms with Crippen LogP contribution in [0.15, 0.2) is 0 Å². The third kappa shape index (κ3) is 5.63. The van der Waals surface area contributed by atoms with Gasteiger partial charge in [-0.2, -0.15) is 0 Å². The first-order valence-corrected chi connectivity index (χ1v) is 14.4. The zero-order chi connectivity index (χ0) is 22.1.